The summed E-state index contributed by atoms with van der Waals surface area (Å²) < 4.78 is 0. The quantitative estimate of drug-likeness (QED) is 0.357. The van der Waals surface area contributed by atoms with E-state index in [4.69, 9.17) is 10.2 Å². The highest BCUT2D eigenvalue weighted by Gasteiger charge is 2.10. The predicted octanol–water partition coefficient (Wildman–Crippen LogP) is 3.75. The average Bonchev–Trinajstić information content (AvgIpc) is 2.35. The highest BCUT2D eigenvalue weighted by atomic mass is 32.1. The van der Waals surface area contributed by atoms with Gasteiger partial charge in [0.05, 0.1) is 5.25 Å². The van der Waals surface area contributed by atoms with E-state index >= 15 is 0 Å². The normalized spacial score (nSPS) is 12.3. The summed E-state index contributed by atoms with van der Waals surface area (Å²) in [6, 6.07) is 0. The fourth-order valence-corrected chi connectivity index (χ4v) is 2.16. The van der Waals surface area contributed by atoms with Crippen molar-refractivity contribution in [1.82, 2.24) is 0 Å². The van der Waals surface area contributed by atoms with Gasteiger partial charge in [-0.15, -0.1) is 0 Å². The van der Waals surface area contributed by atoms with Crippen molar-refractivity contribution in [2.75, 3.05) is 0 Å². The summed E-state index contributed by atoms with van der Waals surface area (Å²) in [6.07, 6.45) is 10.5. The zero-order valence-corrected chi connectivity index (χ0v) is 12.4. The van der Waals surface area contributed by atoms with E-state index in [2.05, 4.69) is 12.6 Å². The summed E-state index contributed by atoms with van der Waals surface area (Å²) in [5.41, 5.74) is 0. The fourth-order valence-electron chi connectivity index (χ4n) is 1.97. The largest absolute Gasteiger partial charge is 0.481 e. The summed E-state index contributed by atoms with van der Waals surface area (Å²) in [4.78, 5) is 20.8. The average molecular weight is 290 g/mol. The molecule has 0 saturated heterocycles. The molecule has 0 fully saturated rings. The molecule has 0 bridgehead atoms. The minimum atomic E-state index is -0.829. The third-order valence-electron chi connectivity index (χ3n) is 3.15. The zero-order valence-electron chi connectivity index (χ0n) is 11.5. The van der Waals surface area contributed by atoms with E-state index in [1.54, 1.807) is 0 Å². The van der Waals surface area contributed by atoms with Crippen LogP contribution in [0.2, 0.25) is 0 Å². The summed E-state index contributed by atoms with van der Waals surface area (Å²) in [6.45, 7) is 0. The molecule has 0 radical (unpaired) electrons. The van der Waals surface area contributed by atoms with Gasteiger partial charge in [0.15, 0.2) is 0 Å². The topological polar surface area (TPSA) is 74.6 Å². The Morgan fingerprint density at radius 2 is 1.21 bits per heavy atom. The van der Waals surface area contributed by atoms with Gasteiger partial charge < -0.3 is 10.2 Å². The summed E-state index contributed by atoms with van der Waals surface area (Å²) in [5.74, 6) is -1.53. The Labute approximate surface area is 121 Å². The lowest BCUT2D eigenvalue weighted by atomic mass is 10.1. The van der Waals surface area contributed by atoms with Crippen molar-refractivity contribution in [3.05, 3.63) is 0 Å². The van der Waals surface area contributed by atoms with Gasteiger partial charge in [-0.3, -0.25) is 9.59 Å². The lowest BCUT2D eigenvalue weighted by Crippen LogP contribution is -2.12. The summed E-state index contributed by atoms with van der Waals surface area (Å²) in [7, 11) is 0. The van der Waals surface area contributed by atoms with Crippen LogP contribution < -0.4 is 0 Å². The highest BCUT2D eigenvalue weighted by Crippen LogP contribution is 2.13. The fraction of sp³-hybridized carbons (Fsp3) is 0.857. The standard InChI is InChI=1S/C14H26O4S/c15-13(16)11-9-7-5-3-1-2-4-6-8-10-12(19)14(17)18/h12,19H,1-11H2,(H,15,16)(H,17,18). The van der Waals surface area contributed by atoms with Gasteiger partial charge in [-0.1, -0.05) is 51.4 Å². The van der Waals surface area contributed by atoms with Crippen LogP contribution in [0.1, 0.15) is 70.6 Å². The molecule has 0 aliphatic heterocycles. The van der Waals surface area contributed by atoms with E-state index in [1.807, 2.05) is 0 Å². The first-order valence-electron chi connectivity index (χ1n) is 7.16. The number of carbonyl (C=O) groups is 2. The lowest BCUT2D eigenvalue weighted by Gasteiger charge is -2.05. The maximum atomic E-state index is 10.5. The van der Waals surface area contributed by atoms with Gasteiger partial charge >= 0.3 is 11.9 Å². The summed E-state index contributed by atoms with van der Waals surface area (Å²) >= 11 is 3.99. The third kappa shape index (κ3) is 13.5. The Morgan fingerprint density at radius 3 is 1.63 bits per heavy atom. The molecule has 4 nitrogen and oxygen atoms in total. The van der Waals surface area contributed by atoms with E-state index in [1.165, 1.54) is 19.3 Å². The first kappa shape index (κ1) is 18.3. The number of hydrogen-bond acceptors (Lipinski definition) is 3. The van der Waals surface area contributed by atoms with Gasteiger partial charge in [0.2, 0.25) is 0 Å². The van der Waals surface area contributed by atoms with Gasteiger partial charge in [-0.2, -0.15) is 12.6 Å². The molecule has 0 aliphatic rings. The molecule has 0 aliphatic carbocycles. The van der Waals surface area contributed by atoms with Gasteiger partial charge in [0, 0.05) is 6.42 Å². The van der Waals surface area contributed by atoms with Crippen LogP contribution in [-0.4, -0.2) is 27.4 Å². The van der Waals surface area contributed by atoms with Crippen molar-refractivity contribution in [1.29, 1.82) is 0 Å². The van der Waals surface area contributed by atoms with Gasteiger partial charge in [-0.25, -0.2) is 0 Å². The molecular weight excluding hydrogens is 264 g/mol. The minimum Gasteiger partial charge on any atom is -0.481 e. The van der Waals surface area contributed by atoms with Crippen molar-refractivity contribution < 1.29 is 19.8 Å². The highest BCUT2D eigenvalue weighted by molar-refractivity contribution is 7.81. The Kier molecular flexibility index (Phi) is 11.9. The van der Waals surface area contributed by atoms with Crippen LogP contribution in [0.3, 0.4) is 0 Å². The van der Waals surface area contributed by atoms with Gasteiger partial charge in [0.25, 0.3) is 0 Å². The number of hydrogen-bond donors (Lipinski definition) is 3. The molecule has 0 aromatic heterocycles. The maximum absolute atomic E-state index is 10.5. The van der Waals surface area contributed by atoms with Crippen molar-refractivity contribution in [2.45, 2.75) is 75.9 Å². The molecule has 1 unspecified atom stereocenters. The van der Waals surface area contributed by atoms with Crippen LogP contribution in [0.4, 0.5) is 0 Å². The minimum absolute atomic E-state index is 0.286. The molecule has 0 saturated carbocycles. The first-order chi connectivity index (χ1) is 9.04. The van der Waals surface area contributed by atoms with Crippen LogP contribution >= 0.6 is 12.6 Å². The van der Waals surface area contributed by atoms with E-state index in [0.29, 0.717) is 6.42 Å². The Hall–Kier alpha value is -0.710. The van der Waals surface area contributed by atoms with Gasteiger partial charge in [0.1, 0.15) is 0 Å². The molecule has 112 valence electrons. The molecule has 19 heavy (non-hydrogen) atoms. The van der Waals surface area contributed by atoms with E-state index in [0.717, 1.165) is 38.5 Å². The third-order valence-corrected chi connectivity index (χ3v) is 3.63. The molecule has 5 heteroatoms. The van der Waals surface area contributed by atoms with E-state index in [9.17, 15) is 9.59 Å². The number of thiol groups is 1. The Bertz CT molecular complexity index is 256. The Morgan fingerprint density at radius 1 is 0.789 bits per heavy atom. The molecular formula is C14H26O4S. The van der Waals surface area contributed by atoms with Crippen LogP contribution in [0.15, 0.2) is 0 Å². The van der Waals surface area contributed by atoms with Crippen molar-refractivity contribution >= 4 is 24.6 Å². The summed E-state index contributed by atoms with van der Waals surface area (Å²) in [5, 5.41) is 16.6. The SMILES string of the molecule is O=C(O)CCCCCCCCCCCC(S)C(=O)O. The predicted molar refractivity (Wildman–Crippen MR) is 78.8 cm³/mol. The molecule has 0 amide bonds. The lowest BCUT2D eigenvalue weighted by molar-refractivity contribution is -0.137. The van der Waals surface area contributed by atoms with Gasteiger partial charge in [-0.05, 0) is 12.8 Å². The van der Waals surface area contributed by atoms with Crippen molar-refractivity contribution in [3.8, 4) is 0 Å². The van der Waals surface area contributed by atoms with Crippen LogP contribution in [0, 0.1) is 0 Å². The number of carboxylic acids is 2. The number of carboxylic acid groups (broad SMARTS) is 2. The van der Waals surface area contributed by atoms with Crippen molar-refractivity contribution in [2.24, 2.45) is 0 Å². The molecule has 0 aromatic carbocycles. The first-order valence-corrected chi connectivity index (χ1v) is 7.68. The molecule has 1 atom stereocenters. The molecule has 0 aromatic rings. The number of unbranched alkanes of at least 4 members (excludes halogenated alkanes) is 8. The monoisotopic (exact) mass is 290 g/mol. The van der Waals surface area contributed by atoms with Crippen LogP contribution in [-0.2, 0) is 9.59 Å². The Balaban J connectivity index is 3.11. The smallest absolute Gasteiger partial charge is 0.316 e. The van der Waals surface area contributed by atoms with Crippen LogP contribution in [0.25, 0.3) is 0 Å². The van der Waals surface area contributed by atoms with E-state index in [-0.39, 0.29) is 6.42 Å². The number of aliphatic carboxylic acids is 2. The molecule has 0 spiro atoms. The second-order valence-electron chi connectivity index (χ2n) is 4.97. The second-order valence-corrected chi connectivity index (χ2v) is 5.59. The molecule has 0 rings (SSSR count). The molecule has 2 N–H and O–H groups in total. The number of rotatable bonds is 13. The van der Waals surface area contributed by atoms with Crippen molar-refractivity contribution in [3.63, 3.8) is 0 Å². The van der Waals surface area contributed by atoms with E-state index < -0.39 is 17.2 Å². The zero-order chi connectivity index (χ0) is 14.5. The van der Waals surface area contributed by atoms with Crippen LogP contribution in [0.5, 0.6) is 0 Å². The maximum Gasteiger partial charge on any atom is 0.316 e. The molecule has 0 heterocycles. The second kappa shape index (κ2) is 12.3.